The van der Waals surface area contributed by atoms with Gasteiger partial charge in [-0.25, -0.2) is 0 Å². The Balaban J connectivity index is -0.000000605. The fourth-order valence-electron chi connectivity index (χ4n) is 0.813. The zero-order chi connectivity index (χ0) is 9.99. The zero-order valence-corrected chi connectivity index (χ0v) is 14.3. The Morgan fingerprint density at radius 3 is 1.21 bits per heavy atom. The molecule has 0 saturated carbocycles. The van der Waals surface area contributed by atoms with Crippen LogP contribution in [-0.4, -0.2) is 43.5 Å². The Morgan fingerprint density at radius 1 is 0.857 bits per heavy atom. The van der Waals surface area contributed by atoms with E-state index in [1.54, 1.807) is 0 Å². The largest absolute Gasteiger partial charge is 2.00 e. The van der Waals surface area contributed by atoms with E-state index in [9.17, 15) is 0 Å². The molecule has 0 rings (SSSR count). The van der Waals surface area contributed by atoms with Crippen LogP contribution in [0.15, 0.2) is 0 Å². The van der Waals surface area contributed by atoms with Crippen molar-refractivity contribution in [3.63, 3.8) is 0 Å². The molecule has 0 atom stereocenters. The first-order chi connectivity index (χ1) is 5.10. The SMILES string of the molecule is [Br-].[CH2-][SiH](OC(C)(C)C)OC(C)(C)C.[Mg+2]. The Morgan fingerprint density at radius 2 is 1.07 bits per heavy atom. The molecule has 0 fully saturated rings. The second kappa shape index (κ2) is 7.62. The van der Waals surface area contributed by atoms with Gasteiger partial charge in [-0.3, -0.25) is 6.55 Å². The summed E-state index contributed by atoms with van der Waals surface area (Å²) in [6, 6.07) is 0. The molecule has 0 spiro atoms. The molecule has 0 aliphatic heterocycles. The van der Waals surface area contributed by atoms with E-state index >= 15 is 0 Å². The van der Waals surface area contributed by atoms with Gasteiger partial charge in [0.25, 0.3) is 0 Å². The maximum Gasteiger partial charge on any atom is 2.00 e. The van der Waals surface area contributed by atoms with Crippen molar-refractivity contribution in [2.24, 2.45) is 0 Å². The third kappa shape index (κ3) is 15.8. The van der Waals surface area contributed by atoms with E-state index in [1.165, 1.54) is 0 Å². The van der Waals surface area contributed by atoms with Gasteiger partial charge in [0, 0.05) is 11.2 Å². The predicted molar refractivity (Wildman–Crippen MR) is 59.9 cm³/mol. The van der Waals surface area contributed by atoms with Gasteiger partial charge in [0.15, 0.2) is 9.28 Å². The number of halogens is 1. The first-order valence-electron chi connectivity index (χ1n) is 4.29. The van der Waals surface area contributed by atoms with Crippen molar-refractivity contribution in [3.8, 4) is 0 Å². The van der Waals surface area contributed by atoms with Gasteiger partial charge in [-0.2, -0.15) is 0 Å². The van der Waals surface area contributed by atoms with Crippen LogP contribution < -0.4 is 17.0 Å². The van der Waals surface area contributed by atoms with Crippen LogP contribution >= 0.6 is 0 Å². The first-order valence-corrected chi connectivity index (χ1v) is 6.05. The summed E-state index contributed by atoms with van der Waals surface area (Å²) < 4.78 is 11.2. The molecule has 0 aromatic rings. The van der Waals surface area contributed by atoms with Gasteiger partial charge in [0.1, 0.15) is 0 Å². The molecule has 0 unspecified atom stereocenters. The van der Waals surface area contributed by atoms with Gasteiger partial charge < -0.3 is 25.8 Å². The van der Waals surface area contributed by atoms with E-state index in [0.29, 0.717) is 0 Å². The Kier molecular flexibility index (Phi) is 11.3. The minimum atomic E-state index is -1.70. The van der Waals surface area contributed by atoms with Crippen molar-refractivity contribution in [2.45, 2.75) is 52.7 Å². The van der Waals surface area contributed by atoms with E-state index < -0.39 is 9.28 Å². The predicted octanol–water partition coefficient (Wildman–Crippen LogP) is -1.17. The molecule has 0 N–H and O–H groups in total. The molecule has 0 aromatic heterocycles. The topological polar surface area (TPSA) is 18.5 Å². The molecule has 0 radical (unpaired) electrons. The van der Waals surface area contributed by atoms with Crippen LogP contribution in [0.5, 0.6) is 0 Å². The fraction of sp³-hybridized carbons (Fsp3) is 0.889. The van der Waals surface area contributed by atoms with Crippen molar-refractivity contribution < 1.29 is 25.8 Å². The number of rotatable bonds is 2. The molecule has 5 heteroatoms. The second-order valence-electron chi connectivity index (χ2n) is 4.89. The maximum absolute atomic E-state index is 5.62. The van der Waals surface area contributed by atoms with Gasteiger partial charge in [0.05, 0.1) is 0 Å². The second-order valence-corrected chi connectivity index (χ2v) is 6.22. The summed E-state index contributed by atoms with van der Waals surface area (Å²) in [5, 5.41) is 0. The maximum atomic E-state index is 5.62. The van der Waals surface area contributed by atoms with Crippen LogP contribution in [0.3, 0.4) is 0 Å². The van der Waals surface area contributed by atoms with E-state index in [4.69, 9.17) is 8.85 Å². The van der Waals surface area contributed by atoms with Crippen LogP contribution in [0, 0.1) is 6.55 Å². The summed E-state index contributed by atoms with van der Waals surface area (Å²) in [6.07, 6.45) is 0. The quantitative estimate of drug-likeness (QED) is 0.472. The van der Waals surface area contributed by atoms with Crippen molar-refractivity contribution in [1.29, 1.82) is 0 Å². The molecule has 0 aliphatic rings. The van der Waals surface area contributed by atoms with Gasteiger partial charge in [0.2, 0.25) is 0 Å². The third-order valence-corrected chi connectivity index (χ3v) is 2.91. The summed E-state index contributed by atoms with van der Waals surface area (Å²) >= 11 is 0. The molecule has 0 heterocycles. The van der Waals surface area contributed by atoms with Gasteiger partial charge in [-0.05, 0) is 41.5 Å². The van der Waals surface area contributed by atoms with Gasteiger partial charge in [-0.15, -0.1) is 0 Å². The molecule has 82 valence electrons. The molecule has 0 amide bonds. The smallest absolute Gasteiger partial charge is 1.00 e. The molecular formula is C9H21BrMgO2Si. The molecule has 0 aromatic carbocycles. The number of hydrogen-bond donors (Lipinski definition) is 0. The average Bonchev–Trinajstić information content (AvgIpc) is 1.49. The molecule has 14 heavy (non-hydrogen) atoms. The monoisotopic (exact) mass is 292 g/mol. The van der Waals surface area contributed by atoms with Crippen molar-refractivity contribution in [3.05, 3.63) is 6.55 Å². The summed E-state index contributed by atoms with van der Waals surface area (Å²) in [6.45, 7) is 16.0. The van der Waals surface area contributed by atoms with Crippen LogP contribution in [-0.2, 0) is 8.85 Å². The van der Waals surface area contributed by atoms with Crippen LogP contribution in [0.25, 0.3) is 0 Å². The molecular weight excluding hydrogens is 272 g/mol. The van der Waals surface area contributed by atoms with Crippen molar-refractivity contribution in [1.82, 2.24) is 0 Å². The van der Waals surface area contributed by atoms with E-state index in [0.717, 1.165) is 0 Å². The molecule has 0 saturated heterocycles. The summed E-state index contributed by atoms with van der Waals surface area (Å²) in [5.41, 5.74) is -0.270. The van der Waals surface area contributed by atoms with Crippen LogP contribution in [0.4, 0.5) is 0 Å². The summed E-state index contributed by atoms with van der Waals surface area (Å²) in [5.74, 6) is 0. The van der Waals surface area contributed by atoms with Crippen molar-refractivity contribution in [2.75, 3.05) is 0 Å². The zero-order valence-electron chi connectivity index (χ0n) is 10.2. The van der Waals surface area contributed by atoms with Crippen LogP contribution in [0.1, 0.15) is 41.5 Å². The Hall–Kier alpha value is 1.38. The van der Waals surface area contributed by atoms with Gasteiger partial charge >= 0.3 is 23.1 Å². The van der Waals surface area contributed by atoms with Crippen molar-refractivity contribution >= 4 is 32.3 Å². The summed E-state index contributed by atoms with van der Waals surface area (Å²) in [4.78, 5) is 0. The van der Waals surface area contributed by atoms with Crippen LogP contribution in [0.2, 0.25) is 0 Å². The van der Waals surface area contributed by atoms with E-state index in [-0.39, 0.29) is 51.2 Å². The molecule has 2 nitrogen and oxygen atoms in total. The molecule has 0 aliphatic carbocycles. The van der Waals surface area contributed by atoms with E-state index in [1.807, 2.05) is 41.5 Å². The molecule has 0 bridgehead atoms. The standard InChI is InChI=1S/C9H21O2Si.BrH.Mg/c1-8(2,3)10-12(7)11-9(4,5)6;;/h12H,7H2,1-6H3;1H;/q-1;;+2/p-1. The van der Waals surface area contributed by atoms with Gasteiger partial charge in [-0.1, -0.05) is 0 Å². The summed E-state index contributed by atoms with van der Waals surface area (Å²) in [7, 11) is -1.70. The Labute approximate surface area is 117 Å². The number of hydrogen-bond acceptors (Lipinski definition) is 2. The minimum absolute atomic E-state index is 0. The average molecular weight is 294 g/mol. The Bertz CT molecular complexity index is 127. The third-order valence-electron chi connectivity index (χ3n) is 0.970. The minimum Gasteiger partial charge on any atom is -1.00 e. The van der Waals surface area contributed by atoms with E-state index in [2.05, 4.69) is 6.55 Å². The fourth-order valence-corrected chi connectivity index (χ4v) is 2.44. The first kappa shape index (κ1) is 20.8. The normalized spacial score (nSPS) is 12.0.